The highest BCUT2D eigenvalue weighted by Crippen LogP contribution is 2.20. The molecule has 0 saturated carbocycles. The molecule has 1 amide bonds. The predicted molar refractivity (Wildman–Crippen MR) is 52.6 cm³/mol. The minimum atomic E-state index is -2.74. The maximum absolute atomic E-state index is 12.3. The summed E-state index contributed by atoms with van der Waals surface area (Å²) in [5, 5.41) is 11.5. The first-order chi connectivity index (χ1) is 7.58. The van der Waals surface area contributed by atoms with E-state index >= 15 is 0 Å². The minimum Gasteiger partial charge on any atom is -0.272 e. The van der Waals surface area contributed by atoms with E-state index in [-0.39, 0.29) is 11.0 Å². The second-order valence-electron chi connectivity index (χ2n) is 2.99. The lowest BCUT2D eigenvalue weighted by Crippen LogP contribution is -2.20. The van der Waals surface area contributed by atoms with Crippen LogP contribution in [-0.2, 0) is 4.79 Å². The van der Waals surface area contributed by atoms with Gasteiger partial charge in [0.15, 0.2) is 11.0 Å². The van der Waals surface area contributed by atoms with Gasteiger partial charge in [-0.1, -0.05) is 11.6 Å². The average molecular weight is 247 g/mol. The highest BCUT2D eigenvalue weighted by molar-refractivity contribution is 6.29. The Bertz CT molecular complexity index is 448. The SMILES string of the molecule is O=C1CC(C(F)F)=NN1c1ccc(Cl)nn1. The van der Waals surface area contributed by atoms with Crippen LogP contribution in [0.25, 0.3) is 0 Å². The minimum absolute atomic E-state index is 0.0741. The molecule has 0 bridgehead atoms. The van der Waals surface area contributed by atoms with E-state index in [2.05, 4.69) is 15.3 Å². The molecule has 1 aliphatic rings. The van der Waals surface area contributed by atoms with Crippen LogP contribution in [0.2, 0.25) is 5.15 Å². The summed E-state index contributed by atoms with van der Waals surface area (Å²) in [4.78, 5) is 11.4. The monoisotopic (exact) mass is 246 g/mol. The van der Waals surface area contributed by atoms with Gasteiger partial charge in [0.25, 0.3) is 12.3 Å². The van der Waals surface area contributed by atoms with E-state index in [1.165, 1.54) is 12.1 Å². The zero-order chi connectivity index (χ0) is 11.7. The zero-order valence-electron chi connectivity index (χ0n) is 7.77. The number of carbonyl (C=O) groups is 1. The molecule has 0 aromatic carbocycles. The van der Waals surface area contributed by atoms with E-state index in [1.807, 2.05) is 0 Å². The van der Waals surface area contributed by atoms with Crippen molar-refractivity contribution in [3.63, 3.8) is 0 Å². The topological polar surface area (TPSA) is 58.5 Å². The smallest absolute Gasteiger partial charge is 0.272 e. The van der Waals surface area contributed by atoms with Crippen LogP contribution < -0.4 is 5.01 Å². The molecular formula is C8H5ClF2N4O. The number of hydrazone groups is 1. The molecule has 0 saturated heterocycles. The molecule has 0 N–H and O–H groups in total. The second kappa shape index (κ2) is 4.09. The van der Waals surface area contributed by atoms with Crippen molar-refractivity contribution in [2.24, 2.45) is 5.10 Å². The van der Waals surface area contributed by atoms with Crippen molar-refractivity contribution >= 4 is 29.0 Å². The Kier molecular flexibility index (Phi) is 2.78. The Hall–Kier alpha value is -1.63. The number of nitrogens with zero attached hydrogens (tertiary/aromatic N) is 4. The van der Waals surface area contributed by atoms with Crippen LogP contribution in [0.1, 0.15) is 6.42 Å². The number of alkyl halides is 2. The van der Waals surface area contributed by atoms with Gasteiger partial charge in [-0.15, -0.1) is 10.2 Å². The quantitative estimate of drug-likeness (QED) is 0.794. The Labute approximate surface area is 93.7 Å². The second-order valence-corrected chi connectivity index (χ2v) is 3.38. The van der Waals surface area contributed by atoms with E-state index in [4.69, 9.17) is 11.6 Å². The van der Waals surface area contributed by atoms with Crippen molar-refractivity contribution < 1.29 is 13.6 Å². The number of rotatable bonds is 2. The van der Waals surface area contributed by atoms with Gasteiger partial charge in [0.05, 0.1) is 6.42 Å². The molecule has 1 aromatic heterocycles. The molecule has 0 atom stereocenters. The summed E-state index contributed by atoms with van der Waals surface area (Å²) < 4.78 is 24.6. The van der Waals surface area contributed by atoms with Crippen molar-refractivity contribution in [2.75, 3.05) is 5.01 Å². The Morgan fingerprint density at radius 2 is 2.12 bits per heavy atom. The molecule has 0 fully saturated rings. The Morgan fingerprint density at radius 1 is 1.38 bits per heavy atom. The molecule has 0 radical (unpaired) electrons. The molecule has 0 aliphatic carbocycles. The van der Waals surface area contributed by atoms with Gasteiger partial charge in [-0.05, 0) is 12.1 Å². The van der Waals surface area contributed by atoms with Crippen molar-refractivity contribution in [1.82, 2.24) is 10.2 Å². The number of amides is 1. The number of hydrogen-bond acceptors (Lipinski definition) is 4. The number of carbonyl (C=O) groups excluding carboxylic acids is 1. The summed E-state index contributed by atoms with van der Waals surface area (Å²) in [6.45, 7) is 0. The maximum atomic E-state index is 12.3. The third kappa shape index (κ3) is 1.99. The molecule has 1 aliphatic heterocycles. The van der Waals surface area contributed by atoms with Crippen molar-refractivity contribution in [3.8, 4) is 0 Å². The first-order valence-electron chi connectivity index (χ1n) is 4.25. The fraction of sp³-hybridized carbons (Fsp3) is 0.250. The number of hydrogen-bond donors (Lipinski definition) is 0. The molecule has 0 unspecified atom stereocenters. The fourth-order valence-electron chi connectivity index (χ4n) is 1.17. The average Bonchev–Trinajstić information content (AvgIpc) is 2.62. The molecule has 1 aromatic rings. The standard InChI is InChI=1S/C8H5ClF2N4O/c9-5-1-2-6(13-12-5)15-7(16)3-4(14-15)8(10)11/h1-2,8H,3H2. The third-order valence-corrected chi connectivity index (χ3v) is 2.09. The van der Waals surface area contributed by atoms with Gasteiger partial charge in [0.2, 0.25) is 0 Å². The van der Waals surface area contributed by atoms with Crippen molar-refractivity contribution in [3.05, 3.63) is 17.3 Å². The van der Waals surface area contributed by atoms with E-state index in [1.54, 1.807) is 0 Å². The summed E-state index contributed by atoms with van der Waals surface area (Å²) in [6, 6.07) is 2.78. The lowest BCUT2D eigenvalue weighted by Gasteiger charge is -2.08. The highest BCUT2D eigenvalue weighted by Gasteiger charge is 2.30. The Balaban J connectivity index is 2.28. The van der Waals surface area contributed by atoms with Gasteiger partial charge in [-0.25, -0.2) is 8.78 Å². The summed E-state index contributed by atoms with van der Waals surface area (Å²) in [5.41, 5.74) is -0.471. The summed E-state index contributed by atoms with van der Waals surface area (Å²) in [5.74, 6) is -0.489. The molecule has 16 heavy (non-hydrogen) atoms. The van der Waals surface area contributed by atoms with Crippen molar-refractivity contribution in [1.29, 1.82) is 0 Å². The fourth-order valence-corrected chi connectivity index (χ4v) is 1.27. The van der Waals surface area contributed by atoms with Crippen LogP contribution in [0, 0.1) is 0 Å². The lowest BCUT2D eigenvalue weighted by atomic mass is 10.3. The van der Waals surface area contributed by atoms with Crippen LogP contribution in [0.4, 0.5) is 14.6 Å². The van der Waals surface area contributed by atoms with Crippen molar-refractivity contribution in [2.45, 2.75) is 12.8 Å². The highest BCUT2D eigenvalue weighted by atomic mass is 35.5. The van der Waals surface area contributed by atoms with Crippen LogP contribution >= 0.6 is 11.6 Å². The van der Waals surface area contributed by atoms with Gasteiger partial charge in [0.1, 0.15) is 5.71 Å². The first kappa shape index (κ1) is 10.9. The molecule has 0 spiro atoms. The van der Waals surface area contributed by atoms with E-state index in [0.29, 0.717) is 0 Å². The van der Waals surface area contributed by atoms with E-state index < -0.39 is 24.5 Å². The molecule has 2 rings (SSSR count). The normalized spacial score (nSPS) is 15.9. The van der Waals surface area contributed by atoms with Crippen LogP contribution in [-0.4, -0.2) is 28.2 Å². The van der Waals surface area contributed by atoms with E-state index in [0.717, 1.165) is 5.01 Å². The Morgan fingerprint density at radius 3 is 2.62 bits per heavy atom. The van der Waals surface area contributed by atoms with Gasteiger partial charge in [-0.3, -0.25) is 4.79 Å². The van der Waals surface area contributed by atoms with Gasteiger partial charge in [0, 0.05) is 0 Å². The number of aromatic nitrogens is 2. The van der Waals surface area contributed by atoms with Gasteiger partial charge >= 0.3 is 0 Å². The van der Waals surface area contributed by atoms with Crippen LogP contribution in [0.5, 0.6) is 0 Å². The van der Waals surface area contributed by atoms with Gasteiger partial charge in [-0.2, -0.15) is 10.1 Å². The number of anilines is 1. The van der Waals surface area contributed by atoms with E-state index in [9.17, 15) is 13.6 Å². The largest absolute Gasteiger partial charge is 0.278 e. The van der Waals surface area contributed by atoms with Crippen LogP contribution in [0.3, 0.4) is 0 Å². The molecule has 5 nitrogen and oxygen atoms in total. The predicted octanol–water partition coefficient (Wildman–Crippen LogP) is 1.49. The molecule has 84 valence electrons. The molecule has 8 heteroatoms. The molecular weight excluding hydrogens is 242 g/mol. The first-order valence-corrected chi connectivity index (χ1v) is 4.63. The third-order valence-electron chi connectivity index (χ3n) is 1.88. The number of halogens is 3. The summed E-state index contributed by atoms with van der Waals surface area (Å²) >= 11 is 5.50. The lowest BCUT2D eigenvalue weighted by molar-refractivity contribution is -0.117. The molecule has 2 heterocycles. The zero-order valence-corrected chi connectivity index (χ0v) is 8.53. The summed E-state index contributed by atoms with van der Waals surface area (Å²) in [7, 11) is 0. The van der Waals surface area contributed by atoms with Crippen LogP contribution in [0.15, 0.2) is 17.2 Å². The van der Waals surface area contributed by atoms with Gasteiger partial charge < -0.3 is 0 Å². The summed E-state index contributed by atoms with van der Waals surface area (Å²) in [6.07, 6.45) is -3.14. The maximum Gasteiger partial charge on any atom is 0.278 e.